The maximum Gasteiger partial charge on any atom is 0.190 e. The lowest BCUT2D eigenvalue weighted by Crippen LogP contribution is -2.07. The van der Waals surface area contributed by atoms with Gasteiger partial charge < -0.3 is 5.73 Å². The molecule has 0 spiro atoms. The third-order valence-electron chi connectivity index (χ3n) is 3.94. The smallest absolute Gasteiger partial charge is 0.190 e. The van der Waals surface area contributed by atoms with Crippen molar-refractivity contribution in [1.29, 1.82) is 5.26 Å². The molecule has 0 saturated heterocycles. The van der Waals surface area contributed by atoms with Gasteiger partial charge in [-0.25, -0.2) is 9.97 Å². The fourth-order valence-electron chi connectivity index (χ4n) is 2.78. The minimum atomic E-state index is 0.272. The largest absolute Gasteiger partial charge is 0.382 e. The summed E-state index contributed by atoms with van der Waals surface area (Å²) in [6.07, 6.45) is 0.720. The Bertz CT molecular complexity index is 939. The van der Waals surface area contributed by atoms with Gasteiger partial charge in [0.15, 0.2) is 5.16 Å². The first kappa shape index (κ1) is 17.2. The first-order valence-electron chi connectivity index (χ1n) is 8.24. The summed E-state index contributed by atoms with van der Waals surface area (Å²) in [5, 5.41) is 12.4. The zero-order chi connectivity index (χ0) is 17.8. The number of rotatable bonds is 5. The van der Waals surface area contributed by atoms with Gasteiger partial charge in [-0.1, -0.05) is 68.1 Å². The van der Waals surface area contributed by atoms with Crippen LogP contribution in [0.3, 0.4) is 0 Å². The van der Waals surface area contributed by atoms with E-state index in [0.29, 0.717) is 16.6 Å². The summed E-state index contributed by atoms with van der Waals surface area (Å²) in [6, 6.07) is 16.8. The van der Waals surface area contributed by atoms with Gasteiger partial charge in [0.2, 0.25) is 0 Å². The van der Waals surface area contributed by atoms with E-state index in [0.717, 1.165) is 17.9 Å². The SMILES string of the molecule is CC(C)Cc1nc(SCc2cccc3ccccc23)nc(N)c1C#N. The molecule has 0 aliphatic rings. The fraction of sp³-hybridized carbons (Fsp3) is 0.250. The normalized spacial score (nSPS) is 11.0. The molecular formula is C20H20N4S. The van der Waals surface area contributed by atoms with Gasteiger partial charge in [-0.15, -0.1) is 0 Å². The van der Waals surface area contributed by atoms with Gasteiger partial charge >= 0.3 is 0 Å². The lowest BCUT2D eigenvalue weighted by atomic mass is 10.0. The van der Waals surface area contributed by atoms with Crippen LogP contribution in [0.5, 0.6) is 0 Å². The summed E-state index contributed by atoms with van der Waals surface area (Å²) >= 11 is 1.55. The highest BCUT2D eigenvalue weighted by Crippen LogP contribution is 2.27. The average Bonchev–Trinajstić information content (AvgIpc) is 2.59. The predicted octanol–water partition coefficient (Wildman–Crippen LogP) is 4.57. The summed E-state index contributed by atoms with van der Waals surface area (Å²) < 4.78 is 0. The number of nitrogens with zero attached hydrogens (tertiary/aromatic N) is 3. The van der Waals surface area contributed by atoms with Crippen LogP contribution in [-0.2, 0) is 12.2 Å². The standard InChI is InChI=1S/C20H20N4S/c1-13(2)10-18-17(11-21)19(22)24-20(23-18)25-12-15-8-5-7-14-6-3-4-9-16(14)15/h3-9,13H,10,12H2,1-2H3,(H2,22,23,24). The van der Waals surface area contributed by atoms with Crippen LogP contribution in [0.4, 0.5) is 5.82 Å². The van der Waals surface area contributed by atoms with E-state index in [-0.39, 0.29) is 5.82 Å². The maximum absolute atomic E-state index is 9.31. The number of anilines is 1. The number of nitrogen functional groups attached to an aromatic ring is 1. The number of benzene rings is 2. The van der Waals surface area contributed by atoms with Gasteiger partial charge in [0, 0.05) is 5.75 Å². The Labute approximate surface area is 152 Å². The summed E-state index contributed by atoms with van der Waals surface area (Å²) in [6.45, 7) is 4.20. The molecule has 2 aromatic carbocycles. The van der Waals surface area contributed by atoms with Crippen molar-refractivity contribution in [2.75, 3.05) is 5.73 Å². The number of thioether (sulfide) groups is 1. The summed E-state index contributed by atoms with van der Waals surface area (Å²) in [4.78, 5) is 8.90. The molecule has 3 aromatic rings. The molecule has 1 aromatic heterocycles. The van der Waals surface area contributed by atoms with Gasteiger partial charge in [0.05, 0.1) is 5.69 Å². The van der Waals surface area contributed by atoms with Crippen LogP contribution in [0.25, 0.3) is 10.8 Å². The minimum Gasteiger partial charge on any atom is -0.382 e. The molecule has 0 aliphatic carbocycles. The molecule has 126 valence electrons. The van der Waals surface area contributed by atoms with E-state index < -0.39 is 0 Å². The Morgan fingerprint density at radius 1 is 1.12 bits per heavy atom. The van der Waals surface area contributed by atoms with Gasteiger partial charge in [-0.05, 0) is 28.7 Å². The number of aromatic nitrogens is 2. The van der Waals surface area contributed by atoms with E-state index in [4.69, 9.17) is 5.73 Å². The molecule has 0 radical (unpaired) electrons. The monoisotopic (exact) mass is 348 g/mol. The van der Waals surface area contributed by atoms with Crippen LogP contribution in [0, 0.1) is 17.2 Å². The zero-order valence-electron chi connectivity index (χ0n) is 14.4. The second-order valence-electron chi connectivity index (χ2n) is 6.35. The Morgan fingerprint density at radius 2 is 1.88 bits per heavy atom. The molecule has 5 heteroatoms. The minimum absolute atomic E-state index is 0.272. The molecule has 2 N–H and O–H groups in total. The summed E-state index contributed by atoms with van der Waals surface area (Å²) in [7, 11) is 0. The Hall–Kier alpha value is -2.58. The van der Waals surface area contributed by atoms with Gasteiger partial charge in [0.1, 0.15) is 17.5 Å². The van der Waals surface area contributed by atoms with Crippen LogP contribution in [-0.4, -0.2) is 9.97 Å². The third kappa shape index (κ3) is 3.92. The number of nitrogens with two attached hydrogens (primary N) is 1. The molecule has 0 bridgehead atoms. The van der Waals surface area contributed by atoms with E-state index in [1.165, 1.54) is 16.3 Å². The topological polar surface area (TPSA) is 75.6 Å². The molecule has 1 heterocycles. The molecular weight excluding hydrogens is 328 g/mol. The van der Waals surface area contributed by atoms with Crippen molar-refractivity contribution in [1.82, 2.24) is 9.97 Å². The Morgan fingerprint density at radius 3 is 2.64 bits per heavy atom. The van der Waals surface area contributed by atoms with E-state index in [2.05, 4.69) is 60.2 Å². The molecule has 4 nitrogen and oxygen atoms in total. The van der Waals surface area contributed by atoms with E-state index >= 15 is 0 Å². The van der Waals surface area contributed by atoms with E-state index in [1.807, 2.05) is 12.1 Å². The Kier molecular flexibility index (Phi) is 5.20. The van der Waals surface area contributed by atoms with Crippen molar-refractivity contribution in [3.8, 4) is 6.07 Å². The summed E-state index contributed by atoms with van der Waals surface area (Å²) in [5.74, 6) is 1.43. The highest BCUT2D eigenvalue weighted by Gasteiger charge is 2.14. The number of hydrogen-bond acceptors (Lipinski definition) is 5. The fourth-order valence-corrected chi connectivity index (χ4v) is 3.66. The second kappa shape index (κ2) is 7.54. The lowest BCUT2D eigenvalue weighted by Gasteiger charge is -2.10. The average molecular weight is 348 g/mol. The first-order chi connectivity index (χ1) is 12.1. The second-order valence-corrected chi connectivity index (χ2v) is 7.29. The molecule has 0 amide bonds. The van der Waals surface area contributed by atoms with Crippen LogP contribution >= 0.6 is 11.8 Å². The van der Waals surface area contributed by atoms with Crippen molar-refractivity contribution < 1.29 is 0 Å². The van der Waals surface area contributed by atoms with Crippen molar-refractivity contribution in [2.45, 2.75) is 31.2 Å². The number of nitriles is 1. The Balaban J connectivity index is 1.88. The van der Waals surface area contributed by atoms with Crippen molar-refractivity contribution in [3.63, 3.8) is 0 Å². The highest BCUT2D eigenvalue weighted by molar-refractivity contribution is 7.98. The van der Waals surface area contributed by atoms with Crippen molar-refractivity contribution in [3.05, 3.63) is 59.3 Å². The van der Waals surface area contributed by atoms with E-state index in [9.17, 15) is 5.26 Å². The van der Waals surface area contributed by atoms with Crippen LogP contribution < -0.4 is 5.73 Å². The maximum atomic E-state index is 9.31. The van der Waals surface area contributed by atoms with E-state index in [1.54, 1.807) is 11.8 Å². The van der Waals surface area contributed by atoms with Gasteiger partial charge in [0.25, 0.3) is 0 Å². The summed E-state index contributed by atoms with van der Waals surface area (Å²) in [5.41, 5.74) is 8.36. The van der Waals surface area contributed by atoms with Crippen LogP contribution in [0.15, 0.2) is 47.6 Å². The number of hydrogen-bond donors (Lipinski definition) is 1. The highest BCUT2D eigenvalue weighted by atomic mass is 32.2. The molecule has 0 atom stereocenters. The third-order valence-corrected chi connectivity index (χ3v) is 4.84. The van der Waals surface area contributed by atoms with Crippen molar-refractivity contribution >= 4 is 28.4 Å². The molecule has 3 rings (SSSR count). The quantitative estimate of drug-likeness (QED) is 0.540. The lowest BCUT2D eigenvalue weighted by molar-refractivity contribution is 0.627. The first-order valence-corrected chi connectivity index (χ1v) is 9.23. The molecule has 0 saturated carbocycles. The molecule has 25 heavy (non-hydrogen) atoms. The molecule has 0 fully saturated rings. The zero-order valence-corrected chi connectivity index (χ0v) is 15.2. The van der Waals surface area contributed by atoms with Crippen LogP contribution in [0.1, 0.15) is 30.7 Å². The van der Waals surface area contributed by atoms with Crippen molar-refractivity contribution in [2.24, 2.45) is 5.92 Å². The predicted molar refractivity (Wildman–Crippen MR) is 103 cm³/mol. The molecule has 0 aliphatic heterocycles. The van der Waals surface area contributed by atoms with Gasteiger partial charge in [-0.3, -0.25) is 0 Å². The van der Waals surface area contributed by atoms with Gasteiger partial charge in [-0.2, -0.15) is 5.26 Å². The van der Waals surface area contributed by atoms with Crippen LogP contribution in [0.2, 0.25) is 0 Å². The number of fused-ring (bicyclic) bond motifs is 1. The molecule has 0 unspecified atom stereocenters.